The van der Waals surface area contributed by atoms with Gasteiger partial charge in [0.25, 0.3) is 0 Å². The molecule has 2 rings (SSSR count). The highest BCUT2D eigenvalue weighted by Crippen LogP contribution is 2.31. The van der Waals surface area contributed by atoms with Crippen LogP contribution in [0.4, 0.5) is 0 Å². The Hall–Kier alpha value is -0.340. The van der Waals surface area contributed by atoms with Gasteiger partial charge in [0.2, 0.25) is 0 Å². The minimum Gasteiger partial charge on any atom is -0.310 e. The van der Waals surface area contributed by atoms with Gasteiger partial charge in [-0.3, -0.25) is 0 Å². The minimum atomic E-state index is 0.529. The maximum atomic E-state index is 3.67. The molecule has 19 heavy (non-hydrogen) atoms. The summed E-state index contributed by atoms with van der Waals surface area (Å²) in [6.07, 6.45) is 9.92. The molecule has 1 N–H and O–H groups in total. The molecule has 1 aromatic carbocycles. The number of benzene rings is 1. The molecule has 1 saturated carbocycles. The molecule has 1 fully saturated rings. The van der Waals surface area contributed by atoms with Crippen LogP contribution in [-0.4, -0.2) is 6.54 Å². The third-order valence-electron chi connectivity index (χ3n) is 4.27. The number of hydrogen-bond donors (Lipinski definition) is 1. The van der Waals surface area contributed by atoms with E-state index in [1.807, 2.05) is 0 Å². The van der Waals surface area contributed by atoms with E-state index in [9.17, 15) is 0 Å². The van der Waals surface area contributed by atoms with Crippen LogP contribution in [0.5, 0.6) is 0 Å². The van der Waals surface area contributed by atoms with Gasteiger partial charge in [0.05, 0.1) is 0 Å². The van der Waals surface area contributed by atoms with E-state index >= 15 is 0 Å². The molecule has 0 saturated heterocycles. The van der Waals surface area contributed by atoms with Crippen LogP contribution >= 0.6 is 15.9 Å². The number of halogens is 1. The zero-order valence-electron chi connectivity index (χ0n) is 12.0. The van der Waals surface area contributed by atoms with Gasteiger partial charge in [0, 0.05) is 10.5 Å². The first-order valence-corrected chi connectivity index (χ1v) is 8.57. The van der Waals surface area contributed by atoms with Crippen molar-refractivity contribution in [2.45, 2.75) is 57.9 Å². The average Bonchev–Trinajstić information content (AvgIpc) is 2.68. The lowest BCUT2D eigenvalue weighted by molar-refractivity contribution is 0.359. The summed E-state index contributed by atoms with van der Waals surface area (Å²) in [5.41, 5.74) is 1.44. The molecule has 0 heterocycles. The quantitative estimate of drug-likeness (QED) is 0.709. The Labute approximate surface area is 126 Å². The highest BCUT2D eigenvalue weighted by molar-refractivity contribution is 9.10. The summed E-state index contributed by atoms with van der Waals surface area (Å²) in [5.74, 6) is 0.912. The van der Waals surface area contributed by atoms with Crippen molar-refractivity contribution in [3.05, 3.63) is 34.3 Å². The van der Waals surface area contributed by atoms with Crippen LogP contribution < -0.4 is 5.32 Å². The Morgan fingerprint density at radius 2 is 1.74 bits per heavy atom. The summed E-state index contributed by atoms with van der Waals surface area (Å²) in [7, 11) is 0. The Balaban J connectivity index is 2.00. The molecule has 1 atom stereocenters. The Bertz CT molecular complexity index is 352. The van der Waals surface area contributed by atoms with E-state index in [2.05, 4.69) is 52.4 Å². The van der Waals surface area contributed by atoms with Gasteiger partial charge in [-0.25, -0.2) is 0 Å². The van der Waals surface area contributed by atoms with E-state index in [4.69, 9.17) is 0 Å². The highest BCUT2D eigenvalue weighted by atomic mass is 79.9. The molecule has 0 bridgehead atoms. The van der Waals surface area contributed by atoms with E-state index in [1.165, 1.54) is 55.0 Å². The zero-order chi connectivity index (χ0) is 13.5. The van der Waals surface area contributed by atoms with Crippen molar-refractivity contribution in [3.63, 3.8) is 0 Å². The molecule has 0 spiro atoms. The van der Waals surface area contributed by atoms with Crippen LogP contribution in [0.2, 0.25) is 0 Å². The van der Waals surface area contributed by atoms with Gasteiger partial charge >= 0.3 is 0 Å². The van der Waals surface area contributed by atoms with E-state index in [1.54, 1.807) is 0 Å². The molecule has 0 radical (unpaired) electrons. The van der Waals surface area contributed by atoms with Crippen molar-refractivity contribution in [3.8, 4) is 0 Å². The van der Waals surface area contributed by atoms with E-state index in [0.29, 0.717) is 6.04 Å². The third kappa shape index (κ3) is 4.92. The van der Waals surface area contributed by atoms with Crippen LogP contribution in [0.25, 0.3) is 0 Å². The van der Waals surface area contributed by atoms with Crippen molar-refractivity contribution >= 4 is 15.9 Å². The maximum absolute atomic E-state index is 3.67. The smallest absolute Gasteiger partial charge is 0.0322 e. The molecule has 0 amide bonds. The van der Waals surface area contributed by atoms with E-state index < -0.39 is 0 Å². The van der Waals surface area contributed by atoms with Crippen molar-refractivity contribution < 1.29 is 0 Å². The standard InChI is InChI=1S/C17H26BrN/c1-2-19-17(15-9-11-16(18)12-10-15)13-14-7-5-3-4-6-8-14/h9-12,14,17,19H,2-8,13H2,1H3. The lowest BCUT2D eigenvalue weighted by atomic mass is 9.89. The molecule has 1 nitrogen and oxygen atoms in total. The average molecular weight is 324 g/mol. The van der Waals surface area contributed by atoms with Crippen LogP contribution in [0.1, 0.15) is 63.5 Å². The first-order chi connectivity index (χ1) is 9.29. The van der Waals surface area contributed by atoms with Crippen molar-refractivity contribution in [2.24, 2.45) is 5.92 Å². The maximum Gasteiger partial charge on any atom is 0.0322 e. The predicted octanol–water partition coefficient (Wildman–Crippen LogP) is 5.46. The molecule has 1 aliphatic carbocycles. The summed E-state index contributed by atoms with van der Waals surface area (Å²) in [6.45, 7) is 3.26. The van der Waals surface area contributed by atoms with Crippen molar-refractivity contribution in [1.82, 2.24) is 5.32 Å². The molecule has 0 aromatic heterocycles. The van der Waals surface area contributed by atoms with Gasteiger partial charge in [-0.2, -0.15) is 0 Å². The van der Waals surface area contributed by atoms with Crippen LogP contribution in [-0.2, 0) is 0 Å². The van der Waals surface area contributed by atoms with Gasteiger partial charge < -0.3 is 5.32 Å². The second kappa shape index (κ2) is 8.06. The molecule has 1 aliphatic rings. The van der Waals surface area contributed by atoms with Gasteiger partial charge in [0.15, 0.2) is 0 Å². The Morgan fingerprint density at radius 3 is 2.32 bits per heavy atom. The van der Waals surface area contributed by atoms with Crippen molar-refractivity contribution in [1.29, 1.82) is 0 Å². The summed E-state index contributed by atoms with van der Waals surface area (Å²) in [5, 5.41) is 3.67. The zero-order valence-corrected chi connectivity index (χ0v) is 13.6. The SMILES string of the molecule is CCNC(CC1CCCCCC1)c1ccc(Br)cc1. The molecule has 1 aromatic rings. The van der Waals surface area contributed by atoms with Gasteiger partial charge in [-0.15, -0.1) is 0 Å². The second-order valence-corrected chi connectivity index (χ2v) is 6.67. The summed E-state index contributed by atoms with van der Waals surface area (Å²) in [4.78, 5) is 0. The van der Waals surface area contributed by atoms with E-state index in [-0.39, 0.29) is 0 Å². The highest BCUT2D eigenvalue weighted by Gasteiger charge is 2.18. The largest absolute Gasteiger partial charge is 0.310 e. The van der Waals surface area contributed by atoms with Crippen LogP contribution in [0.15, 0.2) is 28.7 Å². The van der Waals surface area contributed by atoms with E-state index in [0.717, 1.165) is 12.5 Å². The fourth-order valence-corrected chi connectivity index (χ4v) is 3.48. The number of nitrogens with one attached hydrogen (secondary N) is 1. The van der Waals surface area contributed by atoms with Gasteiger partial charge in [-0.1, -0.05) is 73.5 Å². The molecule has 106 valence electrons. The van der Waals surface area contributed by atoms with Gasteiger partial charge in [0.1, 0.15) is 0 Å². The molecule has 0 aliphatic heterocycles. The van der Waals surface area contributed by atoms with Gasteiger partial charge in [-0.05, 0) is 36.6 Å². The molecule has 2 heteroatoms. The summed E-state index contributed by atoms with van der Waals surface area (Å²) >= 11 is 3.52. The number of hydrogen-bond acceptors (Lipinski definition) is 1. The molecule has 1 unspecified atom stereocenters. The monoisotopic (exact) mass is 323 g/mol. The molecular weight excluding hydrogens is 298 g/mol. The van der Waals surface area contributed by atoms with Crippen LogP contribution in [0.3, 0.4) is 0 Å². The number of rotatable bonds is 5. The summed E-state index contributed by atoms with van der Waals surface area (Å²) in [6, 6.07) is 9.36. The topological polar surface area (TPSA) is 12.0 Å². The van der Waals surface area contributed by atoms with Crippen LogP contribution in [0, 0.1) is 5.92 Å². The second-order valence-electron chi connectivity index (χ2n) is 5.76. The normalized spacial score (nSPS) is 19.1. The Kier molecular flexibility index (Phi) is 6.39. The lowest BCUT2D eigenvalue weighted by Gasteiger charge is -2.24. The fourth-order valence-electron chi connectivity index (χ4n) is 3.21. The van der Waals surface area contributed by atoms with Crippen molar-refractivity contribution in [2.75, 3.05) is 6.54 Å². The minimum absolute atomic E-state index is 0.529. The first-order valence-electron chi connectivity index (χ1n) is 7.78. The molecular formula is C17H26BrN. The Morgan fingerprint density at radius 1 is 1.11 bits per heavy atom. The first kappa shape index (κ1) is 15.1. The fraction of sp³-hybridized carbons (Fsp3) is 0.647. The lowest BCUT2D eigenvalue weighted by Crippen LogP contribution is -2.23. The summed E-state index contributed by atoms with van der Waals surface area (Å²) < 4.78 is 1.17. The third-order valence-corrected chi connectivity index (χ3v) is 4.80. The predicted molar refractivity (Wildman–Crippen MR) is 86.4 cm³/mol.